The van der Waals surface area contributed by atoms with Crippen LogP contribution in [0.15, 0.2) is 36.7 Å². The number of hydrogen-bond acceptors (Lipinski definition) is 6. The van der Waals surface area contributed by atoms with Crippen LogP contribution >= 0.6 is 0 Å². The average Bonchev–Trinajstić information content (AvgIpc) is 3.17. The van der Waals surface area contributed by atoms with Gasteiger partial charge in [0.15, 0.2) is 0 Å². The van der Waals surface area contributed by atoms with Gasteiger partial charge in [0, 0.05) is 18.8 Å². The Bertz CT molecular complexity index is 1180. The van der Waals surface area contributed by atoms with Crippen molar-refractivity contribution in [3.63, 3.8) is 0 Å². The summed E-state index contributed by atoms with van der Waals surface area (Å²) in [7, 11) is 1.36. The van der Waals surface area contributed by atoms with Gasteiger partial charge < -0.3 is 15.4 Å². The van der Waals surface area contributed by atoms with Crippen molar-refractivity contribution in [3.8, 4) is 29.8 Å². The van der Waals surface area contributed by atoms with Crippen molar-refractivity contribution in [1.29, 1.82) is 5.26 Å². The summed E-state index contributed by atoms with van der Waals surface area (Å²) in [5.74, 6) is 3.08. The van der Waals surface area contributed by atoms with Gasteiger partial charge in [0.25, 0.3) is 0 Å². The number of nitriles is 1. The van der Waals surface area contributed by atoms with Crippen LogP contribution in [0.3, 0.4) is 0 Å². The Morgan fingerprint density at radius 1 is 1.37 bits per heavy atom. The van der Waals surface area contributed by atoms with Gasteiger partial charge in [-0.15, -0.1) is 6.42 Å². The normalized spacial score (nSPS) is 17.4. The van der Waals surface area contributed by atoms with E-state index >= 15 is 0 Å². The summed E-state index contributed by atoms with van der Waals surface area (Å²) in [4.78, 5) is 15.7. The lowest BCUT2D eigenvalue weighted by molar-refractivity contribution is 0.164. The van der Waals surface area contributed by atoms with Crippen LogP contribution in [0.25, 0.3) is 16.9 Å². The first-order valence-electron chi connectivity index (χ1n) is 9.54. The second-order valence-electron chi connectivity index (χ2n) is 7.22. The fourth-order valence-corrected chi connectivity index (χ4v) is 3.62. The predicted octanol–water partition coefficient (Wildman–Crippen LogP) is 2.80. The summed E-state index contributed by atoms with van der Waals surface area (Å²) in [6.07, 6.45) is 10.3. The number of amides is 1. The lowest BCUT2D eigenvalue weighted by Gasteiger charge is -2.36. The zero-order valence-electron chi connectivity index (χ0n) is 16.4. The third-order valence-electron chi connectivity index (χ3n) is 5.27. The zero-order valence-corrected chi connectivity index (χ0v) is 16.4. The minimum Gasteiger partial charge on any atom is -0.453 e. The smallest absolute Gasteiger partial charge is 0.406 e. The van der Waals surface area contributed by atoms with Crippen molar-refractivity contribution in [2.45, 2.75) is 18.9 Å². The molecule has 0 saturated heterocycles. The molecule has 1 amide bonds. The summed E-state index contributed by atoms with van der Waals surface area (Å²) in [6, 6.07) is 9.90. The molecule has 0 aromatic carbocycles. The van der Waals surface area contributed by atoms with Crippen LogP contribution in [-0.4, -0.2) is 40.4 Å². The average molecular weight is 400 g/mol. The quantitative estimate of drug-likeness (QED) is 0.638. The second-order valence-corrected chi connectivity index (χ2v) is 7.22. The highest BCUT2D eigenvalue weighted by atomic mass is 16.5. The highest BCUT2D eigenvalue weighted by molar-refractivity contribution is 5.70. The van der Waals surface area contributed by atoms with E-state index in [4.69, 9.17) is 11.7 Å². The van der Waals surface area contributed by atoms with E-state index in [0.717, 1.165) is 35.4 Å². The molecule has 1 fully saturated rings. The molecule has 0 bridgehead atoms. The van der Waals surface area contributed by atoms with Crippen LogP contribution in [0.1, 0.15) is 24.0 Å². The number of hydrogen-bond donors (Lipinski definition) is 2. The van der Waals surface area contributed by atoms with Crippen molar-refractivity contribution in [1.82, 2.24) is 19.9 Å². The number of carbonyl (C=O) groups is 1. The summed E-state index contributed by atoms with van der Waals surface area (Å²) in [6.45, 7) is 0.598. The second kappa shape index (κ2) is 8.14. The number of terminal acetylenes is 1. The topological polar surface area (TPSA) is 104 Å². The molecule has 150 valence electrons. The van der Waals surface area contributed by atoms with E-state index in [-0.39, 0.29) is 6.04 Å². The Balaban J connectivity index is 1.51. The molecular weight excluding hydrogens is 380 g/mol. The Kier molecular flexibility index (Phi) is 5.23. The summed E-state index contributed by atoms with van der Waals surface area (Å²) < 4.78 is 6.35. The molecule has 0 atom stereocenters. The van der Waals surface area contributed by atoms with Gasteiger partial charge in [-0.3, -0.25) is 4.98 Å². The molecule has 8 heteroatoms. The Hall–Kier alpha value is -4.04. The first-order chi connectivity index (χ1) is 14.6. The van der Waals surface area contributed by atoms with Gasteiger partial charge in [-0.25, -0.2) is 9.31 Å². The molecular formula is C22H20N6O2. The number of rotatable bonds is 5. The van der Waals surface area contributed by atoms with E-state index in [2.05, 4.69) is 37.4 Å². The standard InChI is InChI=1S/C22H20N6O2/c1-3-16-13-24-20(21-5-4-18-8-15(10-23)12-26-28(18)21)9-19(16)27-17-6-14(7-17)11-25-22(29)30-2/h1,4-5,8-9,12-14,17H,6-7,11H2,2H3,(H,24,27)(H,25,29)/t14-,17-. The van der Waals surface area contributed by atoms with E-state index in [0.29, 0.717) is 23.6 Å². The summed E-state index contributed by atoms with van der Waals surface area (Å²) in [5, 5.41) is 19.6. The van der Waals surface area contributed by atoms with Gasteiger partial charge in [0.1, 0.15) is 6.07 Å². The van der Waals surface area contributed by atoms with Gasteiger partial charge in [-0.1, -0.05) is 5.92 Å². The van der Waals surface area contributed by atoms with Gasteiger partial charge in [0.05, 0.1) is 47.0 Å². The molecule has 30 heavy (non-hydrogen) atoms. The number of fused-ring (bicyclic) bond motifs is 1. The maximum Gasteiger partial charge on any atom is 0.406 e. The highest BCUT2D eigenvalue weighted by Gasteiger charge is 2.29. The first-order valence-corrected chi connectivity index (χ1v) is 9.54. The molecule has 0 unspecified atom stereocenters. The predicted molar refractivity (Wildman–Crippen MR) is 112 cm³/mol. The molecule has 4 rings (SSSR count). The number of alkyl carbamates (subject to hydrolysis) is 1. The van der Waals surface area contributed by atoms with E-state index < -0.39 is 6.09 Å². The number of carbonyl (C=O) groups excluding carboxylic acids is 1. The van der Waals surface area contributed by atoms with Crippen LogP contribution in [-0.2, 0) is 4.74 Å². The number of methoxy groups -OCH3 is 1. The summed E-state index contributed by atoms with van der Waals surface area (Å²) >= 11 is 0. The number of ether oxygens (including phenoxy) is 1. The minimum atomic E-state index is -0.408. The summed E-state index contributed by atoms with van der Waals surface area (Å²) in [5.41, 5.74) is 4.41. The number of nitrogens with one attached hydrogen (secondary N) is 2. The highest BCUT2D eigenvalue weighted by Crippen LogP contribution is 2.32. The maximum absolute atomic E-state index is 11.2. The zero-order chi connectivity index (χ0) is 21.1. The minimum absolute atomic E-state index is 0.275. The van der Waals surface area contributed by atoms with Crippen molar-refractivity contribution < 1.29 is 9.53 Å². The Labute approximate surface area is 173 Å². The van der Waals surface area contributed by atoms with Gasteiger partial charge in [-0.05, 0) is 43.0 Å². The number of pyridine rings is 1. The molecule has 1 aliphatic carbocycles. The molecule has 1 aliphatic rings. The van der Waals surface area contributed by atoms with Crippen molar-refractivity contribution in [2.24, 2.45) is 5.92 Å². The van der Waals surface area contributed by atoms with Crippen molar-refractivity contribution in [2.75, 3.05) is 19.0 Å². The fraction of sp³-hybridized carbons (Fsp3) is 0.273. The van der Waals surface area contributed by atoms with Gasteiger partial charge in [0.2, 0.25) is 0 Å². The number of anilines is 1. The molecule has 3 aromatic rings. The number of nitrogens with zero attached hydrogens (tertiary/aromatic N) is 4. The largest absolute Gasteiger partial charge is 0.453 e. The lowest BCUT2D eigenvalue weighted by Crippen LogP contribution is -2.42. The van der Waals surface area contributed by atoms with Gasteiger partial charge >= 0.3 is 6.09 Å². The number of aromatic nitrogens is 3. The lowest BCUT2D eigenvalue weighted by atomic mass is 9.80. The third kappa shape index (κ3) is 3.76. The van der Waals surface area contributed by atoms with Crippen LogP contribution in [0.5, 0.6) is 0 Å². The van der Waals surface area contributed by atoms with E-state index in [1.807, 2.05) is 18.2 Å². The molecule has 0 aliphatic heterocycles. The molecule has 8 nitrogen and oxygen atoms in total. The van der Waals surface area contributed by atoms with Crippen molar-refractivity contribution in [3.05, 3.63) is 47.8 Å². The molecule has 0 spiro atoms. The Morgan fingerprint density at radius 2 is 2.20 bits per heavy atom. The SMILES string of the molecule is C#Cc1cnc(-c2ccc3cc(C#N)cnn23)cc1N[C@H]1C[C@H](CNC(=O)OC)C1. The van der Waals surface area contributed by atoms with Crippen LogP contribution in [0.2, 0.25) is 0 Å². The molecule has 3 heterocycles. The molecule has 3 aromatic heterocycles. The van der Waals surface area contributed by atoms with Crippen LogP contribution in [0.4, 0.5) is 10.5 Å². The Morgan fingerprint density at radius 3 is 2.93 bits per heavy atom. The fourth-order valence-electron chi connectivity index (χ4n) is 3.62. The van der Waals surface area contributed by atoms with Gasteiger partial charge in [-0.2, -0.15) is 10.4 Å². The van der Waals surface area contributed by atoms with Crippen LogP contribution < -0.4 is 10.6 Å². The van der Waals surface area contributed by atoms with Crippen LogP contribution in [0, 0.1) is 29.6 Å². The van der Waals surface area contributed by atoms with E-state index in [1.54, 1.807) is 16.8 Å². The van der Waals surface area contributed by atoms with E-state index in [1.165, 1.54) is 13.3 Å². The third-order valence-corrected chi connectivity index (χ3v) is 5.27. The molecule has 1 saturated carbocycles. The molecule has 2 N–H and O–H groups in total. The molecule has 0 radical (unpaired) electrons. The van der Waals surface area contributed by atoms with E-state index in [9.17, 15) is 4.79 Å². The maximum atomic E-state index is 11.2. The monoisotopic (exact) mass is 400 g/mol. The van der Waals surface area contributed by atoms with Crippen molar-refractivity contribution >= 4 is 17.3 Å². The first kappa shape index (κ1) is 19.3.